The molecule has 0 spiro atoms. The lowest BCUT2D eigenvalue weighted by Gasteiger charge is -2.31. The molecule has 0 bridgehead atoms. The van der Waals surface area contributed by atoms with Crippen LogP contribution in [0.25, 0.3) is 0 Å². The molecule has 0 saturated heterocycles. The van der Waals surface area contributed by atoms with Crippen LogP contribution in [0.3, 0.4) is 0 Å². The van der Waals surface area contributed by atoms with Crippen LogP contribution in [0, 0.1) is 5.92 Å². The van der Waals surface area contributed by atoms with Gasteiger partial charge in [-0.3, -0.25) is 13.9 Å². The third kappa shape index (κ3) is 7.91. The lowest BCUT2D eigenvalue weighted by atomic mass is 10.1. The number of rotatable bonds is 10. The standard InChI is InChI=1S/C23H29Cl2N3O4S/c1-16(2)13-26-23(30)17(3)27(14-18-10-11-19(24)12-21(18)25)22(29)15-28(33(4,31)32)20-8-6-5-7-9-20/h5-12,16-17H,13-15H2,1-4H3,(H,26,30)/t17-/m0/s1. The van der Waals surface area contributed by atoms with Crippen LogP contribution in [-0.4, -0.2) is 50.5 Å². The fourth-order valence-electron chi connectivity index (χ4n) is 3.08. The van der Waals surface area contributed by atoms with Crippen LogP contribution in [0.1, 0.15) is 26.3 Å². The number of sulfonamides is 1. The van der Waals surface area contributed by atoms with Crippen molar-refractivity contribution in [2.45, 2.75) is 33.4 Å². The van der Waals surface area contributed by atoms with Gasteiger partial charge < -0.3 is 10.2 Å². The van der Waals surface area contributed by atoms with E-state index in [0.717, 1.165) is 10.6 Å². The van der Waals surface area contributed by atoms with Crippen molar-refractivity contribution in [2.24, 2.45) is 5.92 Å². The van der Waals surface area contributed by atoms with Crippen molar-refractivity contribution < 1.29 is 18.0 Å². The molecular formula is C23H29Cl2N3O4S. The highest BCUT2D eigenvalue weighted by atomic mass is 35.5. The van der Waals surface area contributed by atoms with Crippen LogP contribution in [-0.2, 0) is 26.2 Å². The number of hydrogen-bond donors (Lipinski definition) is 1. The van der Waals surface area contributed by atoms with Gasteiger partial charge >= 0.3 is 0 Å². The van der Waals surface area contributed by atoms with Gasteiger partial charge in [-0.1, -0.05) is 61.3 Å². The normalized spacial score (nSPS) is 12.3. The molecule has 0 radical (unpaired) electrons. The second-order valence-corrected chi connectivity index (χ2v) is 10.9. The van der Waals surface area contributed by atoms with Gasteiger partial charge in [-0.15, -0.1) is 0 Å². The quantitative estimate of drug-likeness (QED) is 0.520. The number of nitrogens with one attached hydrogen (secondary N) is 1. The first-order valence-corrected chi connectivity index (χ1v) is 13.0. The molecule has 0 aromatic heterocycles. The van der Waals surface area contributed by atoms with Crippen LogP contribution in [0.5, 0.6) is 0 Å². The number of carbonyl (C=O) groups is 2. The van der Waals surface area contributed by atoms with Crippen molar-refractivity contribution >= 4 is 50.7 Å². The first-order chi connectivity index (χ1) is 15.4. The van der Waals surface area contributed by atoms with E-state index in [-0.39, 0.29) is 18.4 Å². The molecule has 33 heavy (non-hydrogen) atoms. The van der Waals surface area contributed by atoms with Crippen LogP contribution in [0.15, 0.2) is 48.5 Å². The van der Waals surface area contributed by atoms with E-state index in [1.54, 1.807) is 55.5 Å². The summed E-state index contributed by atoms with van der Waals surface area (Å²) in [6.45, 7) is 5.53. The number of carbonyl (C=O) groups excluding carboxylic acids is 2. The summed E-state index contributed by atoms with van der Waals surface area (Å²) in [6.07, 6.45) is 1.03. The van der Waals surface area contributed by atoms with Crippen LogP contribution in [0.4, 0.5) is 5.69 Å². The van der Waals surface area contributed by atoms with Crippen LogP contribution < -0.4 is 9.62 Å². The molecule has 0 aliphatic rings. The van der Waals surface area contributed by atoms with Crippen LogP contribution in [0.2, 0.25) is 10.0 Å². The van der Waals surface area contributed by atoms with Gasteiger partial charge in [0.25, 0.3) is 0 Å². The molecule has 0 aliphatic carbocycles. The van der Waals surface area contributed by atoms with E-state index in [1.807, 2.05) is 13.8 Å². The van der Waals surface area contributed by atoms with Crippen molar-refractivity contribution in [3.05, 3.63) is 64.1 Å². The topological polar surface area (TPSA) is 86.8 Å². The van der Waals surface area contributed by atoms with Gasteiger partial charge in [0.2, 0.25) is 21.8 Å². The van der Waals surface area contributed by atoms with E-state index in [0.29, 0.717) is 27.8 Å². The Morgan fingerprint density at radius 2 is 1.67 bits per heavy atom. The van der Waals surface area contributed by atoms with Crippen molar-refractivity contribution in [1.29, 1.82) is 0 Å². The zero-order valence-electron chi connectivity index (χ0n) is 19.1. The molecule has 2 amide bonds. The Balaban J connectivity index is 2.37. The van der Waals surface area contributed by atoms with E-state index in [1.165, 1.54) is 4.90 Å². The lowest BCUT2D eigenvalue weighted by molar-refractivity contribution is -0.139. The number of amides is 2. The van der Waals surface area contributed by atoms with Gasteiger partial charge in [0.1, 0.15) is 12.6 Å². The molecule has 10 heteroatoms. The van der Waals surface area contributed by atoms with Crippen molar-refractivity contribution in [3.63, 3.8) is 0 Å². The fourth-order valence-corrected chi connectivity index (χ4v) is 4.39. The molecule has 0 unspecified atom stereocenters. The molecule has 2 aromatic rings. The van der Waals surface area contributed by atoms with Crippen molar-refractivity contribution in [3.8, 4) is 0 Å². The molecule has 0 aliphatic heterocycles. The number of anilines is 1. The summed E-state index contributed by atoms with van der Waals surface area (Å²) in [6, 6.07) is 12.3. The Labute approximate surface area is 205 Å². The summed E-state index contributed by atoms with van der Waals surface area (Å²) in [7, 11) is -3.76. The Morgan fingerprint density at radius 3 is 2.21 bits per heavy atom. The van der Waals surface area contributed by atoms with E-state index in [2.05, 4.69) is 5.32 Å². The van der Waals surface area contributed by atoms with Gasteiger partial charge in [-0.05, 0) is 42.7 Å². The van der Waals surface area contributed by atoms with Crippen LogP contribution >= 0.6 is 23.2 Å². The fraction of sp³-hybridized carbons (Fsp3) is 0.391. The van der Waals surface area contributed by atoms with E-state index >= 15 is 0 Å². The molecule has 2 rings (SSSR count). The van der Waals surface area contributed by atoms with E-state index in [9.17, 15) is 18.0 Å². The molecule has 0 fully saturated rings. The SMILES string of the molecule is CC(C)CNC(=O)[C@H](C)N(Cc1ccc(Cl)cc1Cl)C(=O)CN(c1ccccc1)S(C)(=O)=O. The average Bonchev–Trinajstić information content (AvgIpc) is 2.74. The second kappa shape index (κ2) is 11.7. The van der Waals surface area contributed by atoms with Gasteiger partial charge in [0, 0.05) is 23.1 Å². The minimum absolute atomic E-state index is 0.0114. The maximum Gasteiger partial charge on any atom is 0.244 e. The van der Waals surface area contributed by atoms with Gasteiger partial charge in [0.15, 0.2) is 0 Å². The number of hydrogen-bond acceptors (Lipinski definition) is 4. The lowest BCUT2D eigenvalue weighted by Crippen LogP contribution is -2.51. The number of benzene rings is 2. The Bertz CT molecular complexity index is 1080. The molecule has 7 nitrogen and oxygen atoms in total. The first kappa shape index (κ1) is 27.0. The zero-order valence-corrected chi connectivity index (χ0v) is 21.4. The maximum absolute atomic E-state index is 13.4. The first-order valence-electron chi connectivity index (χ1n) is 10.4. The highest BCUT2D eigenvalue weighted by molar-refractivity contribution is 7.92. The maximum atomic E-state index is 13.4. The predicted octanol–water partition coefficient (Wildman–Crippen LogP) is 3.95. The summed E-state index contributed by atoms with van der Waals surface area (Å²) in [5.74, 6) is -0.648. The highest BCUT2D eigenvalue weighted by Gasteiger charge is 2.30. The predicted molar refractivity (Wildman–Crippen MR) is 133 cm³/mol. The smallest absolute Gasteiger partial charge is 0.244 e. The minimum atomic E-state index is -3.76. The molecule has 2 aromatic carbocycles. The second-order valence-electron chi connectivity index (χ2n) is 8.18. The molecule has 0 heterocycles. The molecule has 180 valence electrons. The molecule has 0 saturated carbocycles. The third-order valence-corrected chi connectivity index (χ3v) is 6.66. The van der Waals surface area contributed by atoms with Gasteiger partial charge in [-0.25, -0.2) is 8.42 Å². The summed E-state index contributed by atoms with van der Waals surface area (Å²) in [5, 5.41) is 3.61. The molecule has 1 N–H and O–H groups in total. The third-order valence-electron chi connectivity index (χ3n) is 4.93. The van der Waals surface area contributed by atoms with E-state index < -0.39 is 28.5 Å². The number of halogens is 2. The van der Waals surface area contributed by atoms with E-state index in [4.69, 9.17) is 23.2 Å². The Morgan fingerprint density at radius 1 is 1.03 bits per heavy atom. The summed E-state index contributed by atoms with van der Waals surface area (Å²) < 4.78 is 25.9. The van der Waals surface area contributed by atoms with Crippen molar-refractivity contribution in [1.82, 2.24) is 10.2 Å². The van der Waals surface area contributed by atoms with Gasteiger partial charge in [0.05, 0.1) is 11.9 Å². The molecular weight excluding hydrogens is 485 g/mol. The summed E-state index contributed by atoms with van der Waals surface area (Å²) in [5.41, 5.74) is 0.943. The molecule has 1 atom stereocenters. The monoisotopic (exact) mass is 513 g/mol. The Kier molecular flexibility index (Phi) is 9.57. The number of nitrogens with zero attached hydrogens (tertiary/aromatic N) is 2. The summed E-state index contributed by atoms with van der Waals surface area (Å²) in [4.78, 5) is 27.5. The minimum Gasteiger partial charge on any atom is -0.354 e. The Hall–Kier alpha value is -2.29. The van der Waals surface area contributed by atoms with Gasteiger partial charge in [-0.2, -0.15) is 0 Å². The zero-order chi connectivity index (χ0) is 24.8. The highest BCUT2D eigenvalue weighted by Crippen LogP contribution is 2.24. The summed E-state index contributed by atoms with van der Waals surface area (Å²) >= 11 is 12.3. The van der Waals surface area contributed by atoms with Crippen molar-refractivity contribution in [2.75, 3.05) is 23.7 Å². The average molecular weight is 514 g/mol. The largest absolute Gasteiger partial charge is 0.354 e. The number of para-hydroxylation sites is 1.